The van der Waals surface area contributed by atoms with Gasteiger partial charge in [0.05, 0.1) is 9.35 Å². The minimum atomic E-state index is -0.556. The number of benzene rings is 1. The molecule has 1 aromatic heterocycles. The van der Waals surface area contributed by atoms with Gasteiger partial charge in [-0.1, -0.05) is 11.6 Å². The van der Waals surface area contributed by atoms with Crippen LogP contribution >= 0.6 is 38.9 Å². The zero-order valence-corrected chi connectivity index (χ0v) is 12.3. The number of carbonyl (C=O) groups excluding carboxylic acids is 1. The predicted molar refractivity (Wildman–Crippen MR) is 76.3 cm³/mol. The summed E-state index contributed by atoms with van der Waals surface area (Å²) in [6.45, 7) is 0.387. The van der Waals surface area contributed by atoms with Gasteiger partial charge in [0.25, 0.3) is 5.91 Å². The molecule has 6 heteroatoms. The highest BCUT2D eigenvalue weighted by molar-refractivity contribution is 9.11. The summed E-state index contributed by atoms with van der Waals surface area (Å²) < 4.78 is 6.62. The molecule has 1 heterocycles. The first-order valence-corrected chi connectivity index (χ1v) is 7.01. The van der Waals surface area contributed by atoms with Gasteiger partial charge in [0.2, 0.25) is 0 Å². The van der Waals surface area contributed by atoms with E-state index in [1.54, 1.807) is 23.5 Å². The van der Waals surface area contributed by atoms with Crippen LogP contribution in [0, 0.1) is 0 Å². The quantitative estimate of drug-likeness (QED) is 0.914. The highest BCUT2D eigenvalue weighted by Crippen LogP contribution is 2.26. The number of carbonyl (C=O) groups is 1. The molecule has 0 bridgehead atoms. The van der Waals surface area contributed by atoms with Crippen LogP contribution in [-0.2, 0) is 6.61 Å². The molecule has 0 atom stereocenters. The lowest BCUT2D eigenvalue weighted by Crippen LogP contribution is -2.13. The van der Waals surface area contributed by atoms with Gasteiger partial charge in [-0.2, -0.15) is 0 Å². The number of thiophene rings is 1. The number of hydrogen-bond donors (Lipinski definition) is 1. The van der Waals surface area contributed by atoms with Crippen LogP contribution in [0.5, 0.6) is 5.75 Å². The number of hydrogen-bond acceptors (Lipinski definition) is 3. The van der Waals surface area contributed by atoms with E-state index < -0.39 is 5.91 Å². The molecule has 1 aromatic carbocycles. The van der Waals surface area contributed by atoms with Crippen molar-refractivity contribution in [2.24, 2.45) is 5.73 Å². The van der Waals surface area contributed by atoms with Crippen molar-refractivity contribution in [3.63, 3.8) is 0 Å². The molecule has 0 aliphatic carbocycles. The zero-order valence-electron chi connectivity index (χ0n) is 9.15. The fraction of sp³-hybridized carbons (Fsp3) is 0.0833. The van der Waals surface area contributed by atoms with Gasteiger partial charge < -0.3 is 10.5 Å². The third-order valence-corrected chi connectivity index (χ3v) is 4.04. The normalized spacial score (nSPS) is 10.3. The minimum Gasteiger partial charge on any atom is -0.487 e. The van der Waals surface area contributed by atoms with Gasteiger partial charge in [-0.15, -0.1) is 11.3 Å². The standard InChI is InChI=1S/C12H9BrClNO2S/c13-11-4-2-8(18-11)6-17-10-3-1-7(14)5-9(10)12(15)16/h1-5H,6H2,(H2,15,16). The van der Waals surface area contributed by atoms with Gasteiger partial charge in [-0.05, 0) is 46.3 Å². The maximum Gasteiger partial charge on any atom is 0.252 e. The lowest BCUT2D eigenvalue weighted by atomic mass is 10.2. The van der Waals surface area contributed by atoms with Crippen molar-refractivity contribution in [1.82, 2.24) is 0 Å². The number of nitrogens with two attached hydrogens (primary N) is 1. The first-order valence-electron chi connectivity index (χ1n) is 5.02. The maximum atomic E-state index is 11.3. The second-order valence-electron chi connectivity index (χ2n) is 3.50. The Bertz CT molecular complexity index is 585. The predicted octanol–water partition coefficient (Wildman–Crippen LogP) is 3.84. The molecule has 0 aliphatic rings. The van der Waals surface area contributed by atoms with Crippen LogP contribution in [0.15, 0.2) is 34.1 Å². The van der Waals surface area contributed by atoms with E-state index in [2.05, 4.69) is 15.9 Å². The summed E-state index contributed by atoms with van der Waals surface area (Å²) in [5, 5.41) is 0.454. The van der Waals surface area contributed by atoms with Crippen LogP contribution in [0.1, 0.15) is 15.2 Å². The molecule has 0 radical (unpaired) electrons. The summed E-state index contributed by atoms with van der Waals surface area (Å²) in [4.78, 5) is 12.3. The molecule has 94 valence electrons. The molecule has 2 aromatic rings. The molecule has 2 rings (SSSR count). The molecule has 0 unspecified atom stereocenters. The fourth-order valence-corrected chi connectivity index (χ4v) is 2.97. The molecule has 3 nitrogen and oxygen atoms in total. The Balaban J connectivity index is 2.16. The van der Waals surface area contributed by atoms with Gasteiger partial charge in [-0.3, -0.25) is 4.79 Å². The lowest BCUT2D eigenvalue weighted by molar-refractivity contribution is 0.0996. The number of primary amides is 1. The van der Waals surface area contributed by atoms with Gasteiger partial charge in [0, 0.05) is 9.90 Å². The summed E-state index contributed by atoms with van der Waals surface area (Å²) >= 11 is 10.8. The molecule has 2 N–H and O–H groups in total. The average molecular weight is 347 g/mol. The monoisotopic (exact) mass is 345 g/mol. The summed E-state index contributed by atoms with van der Waals surface area (Å²) in [5.41, 5.74) is 5.56. The van der Waals surface area contributed by atoms with Crippen LogP contribution in [0.2, 0.25) is 5.02 Å². The maximum absolute atomic E-state index is 11.3. The van der Waals surface area contributed by atoms with E-state index in [0.717, 1.165) is 8.66 Å². The smallest absolute Gasteiger partial charge is 0.252 e. The van der Waals surface area contributed by atoms with E-state index in [4.69, 9.17) is 22.1 Å². The first kappa shape index (κ1) is 13.4. The van der Waals surface area contributed by atoms with E-state index in [-0.39, 0.29) is 5.56 Å². The van der Waals surface area contributed by atoms with E-state index >= 15 is 0 Å². The molecule has 1 amide bonds. The summed E-state index contributed by atoms with van der Waals surface area (Å²) in [6, 6.07) is 8.71. The average Bonchev–Trinajstić information content (AvgIpc) is 2.73. The largest absolute Gasteiger partial charge is 0.487 e. The Hall–Kier alpha value is -1.04. The Labute approximate surface area is 122 Å². The van der Waals surface area contributed by atoms with Crippen LogP contribution in [0.25, 0.3) is 0 Å². The van der Waals surface area contributed by atoms with Gasteiger partial charge in [-0.25, -0.2) is 0 Å². The molecule has 0 fully saturated rings. The SMILES string of the molecule is NC(=O)c1cc(Cl)ccc1OCc1ccc(Br)s1. The Kier molecular flexibility index (Phi) is 4.27. The fourth-order valence-electron chi connectivity index (χ4n) is 1.40. The van der Waals surface area contributed by atoms with Crippen molar-refractivity contribution >= 4 is 44.8 Å². The summed E-state index contributed by atoms with van der Waals surface area (Å²) in [6.07, 6.45) is 0. The van der Waals surface area contributed by atoms with Crippen LogP contribution in [0.4, 0.5) is 0 Å². The lowest BCUT2D eigenvalue weighted by Gasteiger charge is -2.08. The zero-order chi connectivity index (χ0) is 13.1. The van der Waals surface area contributed by atoms with Crippen molar-refractivity contribution in [1.29, 1.82) is 0 Å². The van der Waals surface area contributed by atoms with E-state index in [0.29, 0.717) is 17.4 Å². The highest BCUT2D eigenvalue weighted by atomic mass is 79.9. The summed E-state index contributed by atoms with van der Waals surface area (Å²) in [5.74, 6) is -0.115. The third kappa shape index (κ3) is 3.25. The molecular formula is C12H9BrClNO2S. The number of rotatable bonds is 4. The van der Waals surface area contributed by atoms with Crippen molar-refractivity contribution in [3.8, 4) is 5.75 Å². The molecule has 0 saturated heterocycles. The highest BCUT2D eigenvalue weighted by Gasteiger charge is 2.10. The minimum absolute atomic E-state index is 0.290. The molecule has 0 spiro atoms. The van der Waals surface area contributed by atoms with E-state index in [9.17, 15) is 4.79 Å². The summed E-state index contributed by atoms with van der Waals surface area (Å²) in [7, 11) is 0. The Morgan fingerprint density at radius 1 is 1.39 bits per heavy atom. The third-order valence-electron chi connectivity index (χ3n) is 2.21. The molecule has 0 aliphatic heterocycles. The van der Waals surface area contributed by atoms with E-state index in [1.807, 2.05) is 12.1 Å². The number of halogens is 2. The van der Waals surface area contributed by atoms with Crippen molar-refractivity contribution < 1.29 is 9.53 Å². The van der Waals surface area contributed by atoms with Gasteiger partial charge in [0.15, 0.2) is 0 Å². The van der Waals surface area contributed by atoms with Crippen LogP contribution in [0.3, 0.4) is 0 Å². The van der Waals surface area contributed by atoms with E-state index in [1.165, 1.54) is 6.07 Å². The first-order chi connectivity index (χ1) is 8.56. The number of amides is 1. The second kappa shape index (κ2) is 5.73. The van der Waals surface area contributed by atoms with Gasteiger partial charge in [0.1, 0.15) is 12.4 Å². The Morgan fingerprint density at radius 2 is 2.17 bits per heavy atom. The molecule has 0 saturated carbocycles. The van der Waals surface area contributed by atoms with Crippen molar-refractivity contribution in [2.75, 3.05) is 0 Å². The van der Waals surface area contributed by atoms with Crippen LogP contribution < -0.4 is 10.5 Å². The van der Waals surface area contributed by atoms with Crippen LogP contribution in [-0.4, -0.2) is 5.91 Å². The molecular weight excluding hydrogens is 338 g/mol. The van der Waals surface area contributed by atoms with Crippen molar-refractivity contribution in [3.05, 3.63) is 49.6 Å². The topological polar surface area (TPSA) is 52.3 Å². The van der Waals surface area contributed by atoms with Crippen molar-refractivity contribution in [2.45, 2.75) is 6.61 Å². The van der Waals surface area contributed by atoms with Gasteiger partial charge >= 0.3 is 0 Å². The second-order valence-corrected chi connectivity index (χ2v) is 6.48. The Morgan fingerprint density at radius 3 is 2.78 bits per heavy atom. The number of ether oxygens (including phenoxy) is 1. The molecule has 18 heavy (non-hydrogen) atoms.